The normalized spacial score (nSPS) is 14.0. The summed E-state index contributed by atoms with van der Waals surface area (Å²) in [5.41, 5.74) is 0. The monoisotopic (exact) mass is 354 g/mol. The first kappa shape index (κ1) is 17.9. The molecule has 0 fully saturated rings. The molecule has 1 rings (SSSR count). The van der Waals surface area contributed by atoms with Gasteiger partial charge in [0.05, 0.1) is 0 Å². The van der Waals surface area contributed by atoms with Gasteiger partial charge in [0.15, 0.2) is 17.4 Å². The molecule has 1 aromatic carbocycles. The molecule has 0 saturated carbocycles. The van der Waals surface area contributed by atoms with E-state index >= 15 is 0 Å². The molecule has 120 valence electrons. The maximum atomic E-state index is 13.5. The lowest BCUT2D eigenvalue weighted by atomic mass is 10.3. The molecule has 0 amide bonds. The average Bonchev–Trinajstić information content (AvgIpc) is 2.25. The number of halogens is 4. The highest BCUT2D eigenvalue weighted by molar-refractivity contribution is 7.86. The van der Waals surface area contributed by atoms with Crippen molar-refractivity contribution >= 4 is 18.4 Å². The van der Waals surface area contributed by atoms with Gasteiger partial charge in [0.2, 0.25) is 0 Å². The molecule has 1 aromatic rings. The minimum absolute atomic E-state index is 0.558. The molecule has 0 heterocycles. The van der Waals surface area contributed by atoms with Gasteiger partial charge in [-0.1, -0.05) is 6.07 Å². The zero-order valence-corrected chi connectivity index (χ0v) is 11.6. The molecule has 1 atom stereocenters. The Morgan fingerprint density at radius 2 is 1.90 bits per heavy atom. The Morgan fingerprint density at radius 1 is 1.29 bits per heavy atom. The van der Waals surface area contributed by atoms with Gasteiger partial charge in [0.25, 0.3) is 0 Å². The summed E-state index contributed by atoms with van der Waals surface area (Å²) in [4.78, 5) is 6.77. The quantitative estimate of drug-likeness (QED) is 0.360. The van der Waals surface area contributed by atoms with Crippen LogP contribution in [0.2, 0.25) is 0 Å². The molecule has 0 spiro atoms. The molecule has 1 unspecified atom stereocenters. The number of alkyl halides is 3. The number of ether oxygens (including phenoxy) is 1. The number of benzene rings is 1. The smallest absolute Gasteiger partial charge is 0.404 e. The summed E-state index contributed by atoms with van der Waals surface area (Å²) in [7, 11) is -8.58. The summed E-state index contributed by atoms with van der Waals surface area (Å²) >= 11 is 0. The van der Waals surface area contributed by atoms with Crippen molar-refractivity contribution in [3.05, 3.63) is 24.0 Å². The highest BCUT2D eigenvalue weighted by atomic mass is 32.2. The summed E-state index contributed by atoms with van der Waals surface area (Å²) in [6.45, 7) is -1.28. The van der Waals surface area contributed by atoms with Crippen LogP contribution in [0.3, 0.4) is 0 Å². The summed E-state index contributed by atoms with van der Waals surface area (Å²) in [5, 5.41) is 0. The SMILES string of the molecule is O=[PH](O)OCOS(=O)(=O)c1c(F)cccc1OC(F)(F)F. The van der Waals surface area contributed by atoms with Crippen molar-refractivity contribution in [2.45, 2.75) is 11.3 Å². The minimum Gasteiger partial charge on any atom is -0.404 e. The second-order valence-corrected chi connectivity index (χ2v) is 5.59. The van der Waals surface area contributed by atoms with Gasteiger partial charge in [-0.05, 0) is 12.1 Å². The first-order valence-electron chi connectivity index (χ1n) is 4.82. The van der Waals surface area contributed by atoms with E-state index in [0.29, 0.717) is 12.1 Å². The van der Waals surface area contributed by atoms with Crippen molar-refractivity contribution in [3.8, 4) is 5.75 Å². The highest BCUT2D eigenvalue weighted by Crippen LogP contribution is 2.32. The van der Waals surface area contributed by atoms with E-state index in [1.54, 1.807) is 0 Å². The summed E-state index contributed by atoms with van der Waals surface area (Å²) < 4.78 is 94.4. The molecule has 0 saturated heterocycles. The Hall–Kier alpha value is -1.20. The van der Waals surface area contributed by atoms with Crippen molar-refractivity contribution in [3.63, 3.8) is 0 Å². The lowest BCUT2D eigenvalue weighted by Gasteiger charge is -2.13. The molecular formula is C8H7F4O7PS. The average molecular weight is 354 g/mol. The Balaban J connectivity index is 3.12. The molecule has 0 radical (unpaired) electrons. The van der Waals surface area contributed by atoms with Gasteiger partial charge < -0.3 is 9.63 Å². The molecule has 0 aliphatic rings. The Kier molecular flexibility index (Phi) is 5.70. The van der Waals surface area contributed by atoms with Gasteiger partial charge in [0, 0.05) is 0 Å². The summed E-state index contributed by atoms with van der Waals surface area (Å²) in [6.07, 6.45) is -5.26. The van der Waals surface area contributed by atoms with Crippen molar-refractivity contribution in [1.82, 2.24) is 0 Å². The van der Waals surface area contributed by atoms with Crippen molar-refractivity contribution in [2.75, 3.05) is 6.79 Å². The van der Waals surface area contributed by atoms with Gasteiger partial charge >= 0.3 is 24.7 Å². The van der Waals surface area contributed by atoms with Crippen LogP contribution >= 0.6 is 8.25 Å². The van der Waals surface area contributed by atoms with Crippen LogP contribution in [-0.2, 0) is 23.4 Å². The van der Waals surface area contributed by atoms with Crippen molar-refractivity contribution in [1.29, 1.82) is 0 Å². The van der Waals surface area contributed by atoms with Crippen molar-refractivity contribution in [2.24, 2.45) is 0 Å². The van der Waals surface area contributed by atoms with Crippen LogP contribution in [0.1, 0.15) is 0 Å². The lowest BCUT2D eigenvalue weighted by molar-refractivity contribution is -0.275. The van der Waals surface area contributed by atoms with Crippen LogP contribution in [0.15, 0.2) is 23.1 Å². The summed E-state index contributed by atoms with van der Waals surface area (Å²) in [6, 6.07) is 1.91. The second kappa shape index (κ2) is 6.71. The Morgan fingerprint density at radius 3 is 2.43 bits per heavy atom. The topological polar surface area (TPSA) is 99.1 Å². The van der Waals surface area contributed by atoms with E-state index in [2.05, 4.69) is 13.4 Å². The first-order chi connectivity index (χ1) is 9.53. The fourth-order valence-corrected chi connectivity index (χ4v) is 2.33. The van der Waals surface area contributed by atoms with E-state index in [1.165, 1.54) is 0 Å². The third-order valence-corrected chi connectivity index (χ3v) is 3.46. The lowest BCUT2D eigenvalue weighted by Crippen LogP contribution is -2.20. The van der Waals surface area contributed by atoms with E-state index in [1.807, 2.05) is 0 Å². The van der Waals surface area contributed by atoms with Gasteiger partial charge in [-0.2, -0.15) is 8.42 Å². The molecule has 0 aliphatic heterocycles. The van der Waals surface area contributed by atoms with Crippen LogP contribution in [0.5, 0.6) is 5.75 Å². The van der Waals surface area contributed by atoms with Gasteiger partial charge in [-0.15, -0.1) is 13.2 Å². The van der Waals surface area contributed by atoms with Crippen LogP contribution < -0.4 is 4.74 Å². The maximum absolute atomic E-state index is 13.5. The van der Waals surface area contributed by atoms with Crippen molar-refractivity contribution < 1.29 is 48.9 Å². The van der Waals surface area contributed by atoms with Crippen LogP contribution in [0.25, 0.3) is 0 Å². The van der Waals surface area contributed by atoms with E-state index in [0.717, 1.165) is 6.07 Å². The van der Waals surface area contributed by atoms with E-state index < -0.39 is 48.0 Å². The number of hydrogen-bond donors (Lipinski definition) is 1. The Labute approximate surface area is 116 Å². The van der Waals surface area contributed by atoms with E-state index in [9.17, 15) is 30.5 Å². The van der Waals surface area contributed by atoms with Crippen LogP contribution in [-0.4, -0.2) is 26.5 Å². The molecule has 7 nitrogen and oxygen atoms in total. The largest absolute Gasteiger partial charge is 0.573 e. The second-order valence-electron chi connectivity index (χ2n) is 3.21. The van der Waals surface area contributed by atoms with Crippen LogP contribution in [0, 0.1) is 5.82 Å². The summed E-state index contributed by atoms with van der Waals surface area (Å²) in [5.74, 6) is -2.91. The van der Waals surface area contributed by atoms with E-state index in [4.69, 9.17) is 4.89 Å². The zero-order valence-electron chi connectivity index (χ0n) is 9.76. The molecule has 0 bridgehead atoms. The van der Waals surface area contributed by atoms with Gasteiger partial charge in [-0.25, -0.2) is 8.57 Å². The minimum atomic E-state index is -5.26. The molecule has 0 aromatic heterocycles. The third-order valence-electron chi connectivity index (χ3n) is 1.79. The Bertz CT molecular complexity index is 630. The molecule has 13 heteroatoms. The molecule has 1 N–H and O–H groups in total. The zero-order chi connectivity index (χ0) is 16.3. The number of hydrogen-bond acceptors (Lipinski definition) is 6. The first-order valence-corrected chi connectivity index (χ1v) is 7.49. The predicted octanol–water partition coefficient (Wildman–Crippen LogP) is 1.79. The van der Waals surface area contributed by atoms with Gasteiger partial charge in [0.1, 0.15) is 5.82 Å². The standard InChI is InChI=1S/C8H7F4O7PS/c9-5-2-1-3-6(19-8(10,11)12)7(5)21(15,16)18-4-17-20(13)14/h1-3,20H,4H2,(H,13,14). The predicted molar refractivity (Wildman–Crippen MR) is 58.5 cm³/mol. The van der Waals surface area contributed by atoms with E-state index in [-0.39, 0.29) is 0 Å². The molecule has 21 heavy (non-hydrogen) atoms. The molecular weight excluding hydrogens is 347 g/mol. The fourth-order valence-electron chi connectivity index (χ4n) is 1.13. The van der Waals surface area contributed by atoms with Crippen LogP contribution in [0.4, 0.5) is 17.6 Å². The number of rotatable bonds is 6. The third kappa shape index (κ3) is 5.59. The van der Waals surface area contributed by atoms with Gasteiger partial charge in [-0.3, -0.25) is 9.09 Å². The molecule has 0 aliphatic carbocycles. The highest BCUT2D eigenvalue weighted by Gasteiger charge is 2.35. The fraction of sp³-hybridized carbons (Fsp3) is 0.250. The maximum Gasteiger partial charge on any atom is 0.573 e.